The number of rotatable bonds is 2. The third kappa shape index (κ3) is 3.84. The van der Waals surface area contributed by atoms with Gasteiger partial charge >= 0.3 is 12.5 Å². The highest BCUT2D eigenvalue weighted by Gasteiger charge is 2.34. The van der Waals surface area contributed by atoms with Crippen molar-refractivity contribution < 1.29 is 31.1 Å². The fourth-order valence-electron chi connectivity index (χ4n) is 1.88. The number of anilines is 1. The Bertz CT molecular complexity index is 661. The first kappa shape index (κ1) is 16.0. The first-order valence-electron chi connectivity index (χ1n) is 5.89. The van der Waals surface area contributed by atoms with E-state index in [1.165, 1.54) is 6.07 Å². The molecule has 0 heterocycles. The van der Waals surface area contributed by atoms with Crippen molar-refractivity contribution in [2.24, 2.45) is 0 Å². The minimum atomic E-state index is -4.86. The smallest absolute Gasteiger partial charge is 0.406 e. The summed E-state index contributed by atoms with van der Waals surface area (Å²) in [4.78, 5) is 0. The molecule has 0 aliphatic carbocycles. The SMILES string of the molecule is Nc1ccc(-c2ccc(OC(F)(F)F)cc2)c(C(F)(F)F)c1. The molecule has 2 nitrogen and oxygen atoms in total. The molecule has 22 heavy (non-hydrogen) atoms. The number of alkyl halides is 6. The van der Waals surface area contributed by atoms with Gasteiger partial charge in [-0.25, -0.2) is 0 Å². The van der Waals surface area contributed by atoms with Crippen LogP contribution in [0, 0.1) is 0 Å². The minimum Gasteiger partial charge on any atom is -0.406 e. The zero-order valence-electron chi connectivity index (χ0n) is 10.8. The summed E-state index contributed by atoms with van der Waals surface area (Å²) in [6, 6.07) is 7.33. The predicted octanol–water partition coefficient (Wildman–Crippen LogP) is 4.85. The minimum absolute atomic E-state index is 0.0619. The van der Waals surface area contributed by atoms with Gasteiger partial charge < -0.3 is 10.5 Å². The number of benzene rings is 2. The number of halogens is 6. The van der Waals surface area contributed by atoms with Gasteiger partial charge in [-0.05, 0) is 35.4 Å². The monoisotopic (exact) mass is 321 g/mol. The van der Waals surface area contributed by atoms with E-state index in [4.69, 9.17) is 5.73 Å². The van der Waals surface area contributed by atoms with Crippen LogP contribution in [0.5, 0.6) is 5.75 Å². The maximum atomic E-state index is 13.0. The second-order valence-corrected chi connectivity index (χ2v) is 4.37. The summed E-state index contributed by atoms with van der Waals surface area (Å²) in [6.07, 6.45) is -9.49. The van der Waals surface area contributed by atoms with E-state index in [0.29, 0.717) is 0 Å². The number of nitrogens with two attached hydrogens (primary N) is 1. The normalized spacial score (nSPS) is 12.3. The molecule has 0 amide bonds. The second-order valence-electron chi connectivity index (χ2n) is 4.37. The summed E-state index contributed by atoms with van der Waals surface area (Å²) in [5.41, 5.74) is 4.25. The van der Waals surface area contributed by atoms with Crippen LogP contribution in [0.25, 0.3) is 11.1 Å². The Morgan fingerprint density at radius 1 is 0.818 bits per heavy atom. The molecule has 0 unspecified atom stereocenters. The molecule has 0 aromatic heterocycles. The van der Waals surface area contributed by atoms with Gasteiger partial charge in [0.2, 0.25) is 0 Å². The summed E-state index contributed by atoms with van der Waals surface area (Å²) in [7, 11) is 0. The quantitative estimate of drug-likeness (QED) is 0.634. The lowest BCUT2D eigenvalue weighted by molar-refractivity contribution is -0.274. The Hall–Kier alpha value is -2.38. The van der Waals surface area contributed by atoms with Gasteiger partial charge in [0.1, 0.15) is 5.75 Å². The Kier molecular flexibility index (Phi) is 3.95. The third-order valence-electron chi connectivity index (χ3n) is 2.75. The van der Waals surface area contributed by atoms with Crippen molar-refractivity contribution in [3.63, 3.8) is 0 Å². The molecule has 0 fully saturated rings. The van der Waals surface area contributed by atoms with E-state index in [9.17, 15) is 26.3 Å². The molecule has 118 valence electrons. The van der Waals surface area contributed by atoms with Crippen molar-refractivity contribution in [1.29, 1.82) is 0 Å². The molecule has 0 spiro atoms. The molecular weight excluding hydrogens is 312 g/mol. The van der Waals surface area contributed by atoms with E-state index in [1.54, 1.807) is 0 Å². The van der Waals surface area contributed by atoms with E-state index >= 15 is 0 Å². The fourth-order valence-corrected chi connectivity index (χ4v) is 1.88. The van der Waals surface area contributed by atoms with Crippen molar-refractivity contribution in [3.05, 3.63) is 48.0 Å². The Morgan fingerprint density at radius 3 is 1.91 bits per heavy atom. The highest BCUT2D eigenvalue weighted by molar-refractivity contribution is 5.71. The molecule has 2 N–H and O–H groups in total. The number of ether oxygens (including phenoxy) is 1. The molecule has 2 rings (SSSR count). The van der Waals surface area contributed by atoms with Crippen LogP contribution in [0.2, 0.25) is 0 Å². The standard InChI is InChI=1S/C14H9F6NO/c15-13(16,17)12-7-9(21)3-6-11(12)8-1-4-10(5-2-8)22-14(18,19)20/h1-7H,21H2. The fraction of sp³-hybridized carbons (Fsp3) is 0.143. The number of hydrogen-bond acceptors (Lipinski definition) is 2. The van der Waals surface area contributed by atoms with E-state index in [0.717, 1.165) is 36.4 Å². The van der Waals surface area contributed by atoms with Crippen molar-refractivity contribution >= 4 is 5.69 Å². The van der Waals surface area contributed by atoms with Crippen molar-refractivity contribution in [2.75, 3.05) is 5.73 Å². The Morgan fingerprint density at radius 2 is 1.41 bits per heavy atom. The lowest BCUT2D eigenvalue weighted by Gasteiger charge is -2.14. The van der Waals surface area contributed by atoms with Crippen LogP contribution in [0.4, 0.5) is 32.0 Å². The summed E-state index contributed by atoms with van der Waals surface area (Å²) in [5, 5.41) is 0. The predicted molar refractivity (Wildman–Crippen MR) is 68.0 cm³/mol. The molecule has 2 aromatic rings. The molecule has 0 bridgehead atoms. The summed E-state index contributed by atoms with van der Waals surface area (Å²) >= 11 is 0. The van der Waals surface area contributed by atoms with Gasteiger partial charge in [-0.3, -0.25) is 0 Å². The van der Waals surface area contributed by atoms with Crippen molar-refractivity contribution in [2.45, 2.75) is 12.5 Å². The van der Waals surface area contributed by atoms with Crippen LogP contribution >= 0.6 is 0 Å². The van der Waals surface area contributed by atoms with E-state index in [1.807, 2.05) is 0 Å². The van der Waals surface area contributed by atoms with Gasteiger partial charge in [0, 0.05) is 5.69 Å². The number of hydrogen-bond donors (Lipinski definition) is 1. The van der Waals surface area contributed by atoms with Gasteiger partial charge in [0.25, 0.3) is 0 Å². The lowest BCUT2D eigenvalue weighted by atomic mass is 9.98. The zero-order valence-corrected chi connectivity index (χ0v) is 10.8. The van der Waals surface area contributed by atoms with Crippen LogP contribution in [0.3, 0.4) is 0 Å². The van der Waals surface area contributed by atoms with E-state index < -0.39 is 23.9 Å². The average Bonchev–Trinajstić information content (AvgIpc) is 2.37. The molecule has 0 saturated carbocycles. The van der Waals surface area contributed by atoms with Crippen LogP contribution < -0.4 is 10.5 Å². The molecule has 8 heteroatoms. The van der Waals surface area contributed by atoms with Crippen molar-refractivity contribution in [3.8, 4) is 16.9 Å². The van der Waals surface area contributed by atoms with E-state index in [2.05, 4.69) is 4.74 Å². The molecule has 0 radical (unpaired) electrons. The first-order valence-corrected chi connectivity index (χ1v) is 5.89. The van der Waals surface area contributed by atoms with E-state index in [-0.39, 0.29) is 16.8 Å². The van der Waals surface area contributed by atoms with Gasteiger partial charge in [-0.2, -0.15) is 13.2 Å². The first-order chi connectivity index (χ1) is 10.1. The maximum absolute atomic E-state index is 13.0. The highest BCUT2D eigenvalue weighted by atomic mass is 19.4. The molecular formula is C14H9F6NO. The topological polar surface area (TPSA) is 35.2 Å². The average molecular weight is 321 g/mol. The van der Waals surface area contributed by atoms with Crippen molar-refractivity contribution in [1.82, 2.24) is 0 Å². The van der Waals surface area contributed by atoms with Crippen LogP contribution in [0.1, 0.15) is 5.56 Å². The molecule has 2 aromatic carbocycles. The number of nitrogen functional groups attached to an aromatic ring is 1. The van der Waals surface area contributed by atoms with Crippen LogP contribution in [-0.2, 0) is 6.18 Å². The second kappa shape index (κ2) is 5.43. The zero-order chi connectivity index (χ0) is 16.5. The Labute approximate surface area is 121 Å². The largest absolute Gasteiger partial charge is 0.573 e. The molecule has 0 saturated heterocycles. The van der Waals surface area contributed by atoms with Gasteiger partial charge in [0.05, 0.1) is 5.56 Å². The van der Waals surface area contributed by atoms with Gasteiger partial charge in [-0.1, -0.05) is 18.2 Å². The van der Waals surface area contributed by atoms with Crippen LogP contribution in [0.15, 0.2) is 42.5 Å². The Balaban J connectivity index is 2.41. The molecule has 0 aliphatic rings. The molecule has 0 aliphatic heterocycles. The summed E-state index contributed by atoms with van der Waals surface area (Å²) in [6.45, 7) is 0. The van der Waals surface area contributed by atoms with Crippen LogP contribution in [-0.4, -0.2) is 6.36 Å². The molecule has 0 atom stereocenters. The summed E-state index contributed by atoms with van der Waals surface area (Å²) in [5.74, 6) is -0.514. The van der Waals surface area contributed by atoms with Gasteiger partial charge in [0.15, 0.2) is 0 Å². The summed E-state index contributed by atoms with van der Waals surface area (Å²) < 4.78 is 78.8. The lowest BCUT2D eigenvalue weighted by Crippen LogP contribution is -2.17. The maximum Gasteiger partial charge on any atom is 0.573 e. The van der Waals surface area contributed by atoms with Gasteiger partial charge in [-0.15, -0.1) is 13.2 Å². The highest BCUT2D eigenvalue weighted by Crippen LogP contribution is 2.38. The third-order valence-corrected chi connectivity index (χ3v) is 2.75.